The molecule has 5 heteroatoms. The Labute approximate surface area is 173 Å². The molecule has 0 spiro atoms. The van der Waals surface area contributed by atoms with E-state index in [0.29, 0.717) is 34.6 Å². The molecule has 4 aromatic rings. The van der Waals surface area contributed by atoms with Gasteiger partial charge in [-0.05, 0) is 29.3 Å². The average Bonchev–Trinajstić information content (AvgIpc) is 2.74. The van der Waals surface area contributed by atoms with Gasteiger partial charge < -0.3 is 9.88 Å². The number of H-pyrrole nitrogens is 1. The van der Waals surface area contributed by atoms with Gasteiger partial charge in [-0.15, -0.1) is 0 Å². The maximum Gasteiger partial charge on any atom is 0.255 e. The quantitative estimate of drug-likeness (QED) is 0.509. The molecule has 0 fully saturated rings. The Morgan fingerprint density at radius 1 is 0.828 bits per heavy atom. The van der Waals surface area contributed by atoms with Crippen molar-refractivity contribution in [2.75, 3.05) is 0 Å². The summed E-state index contributed by atoms with van der Waals surface area (Å²) >= 11 is 6.16. The van der Waals surface area contributed by atoms with Crippen molar-refractivity contribution in [2.45, 2.75) is 13.1 Å². The number of carbonyl (C=O) groups is 1. The van der Waals surface area contributed by atoms with Crippen LogP contribution in [0.4, 0.5) is 0 Å². The molecule has 0 radical (unpaired) electrons. The molecule has 1 amide bonds. The number of carbonyl (C=O) groups excluding carboxylic acids is 1. The number of aromatic nitrogens is 1. The number of benzene rings is 3. The van der Waals surface area contributed by atoms with Crippen LogP contribution in [0.2, 0.25) is 5.02 Å². The zero-order chi connectivity index (χ0) is 20.2. The summed E-state index contributed by atoms with van der Waals surface area (Å²) in [5, 5.41) is 1.14. The second-order valence-electron chi connectivity index (χ2n) is 6.87. The van der Waals surface area contributed by atoms with Gasteiger partial charge in [-0.3, -0.25) is 9.59 Å². The number of halogens is 1. The molecule has 4 rings (SSSR count). The number of aromatic amines is 1. The molecule has 0 aliphatic rings. The van der Waals surface area contributed by atoms with E-state index in [1.54, 1.807) is 23.1 Å². The third-order valence-corrected chi connectivity index (χ3v) is 4.99. The van der Waals surface area contributed by atoms with Crippen molar-refractivity contribution in [3.8, 4) is 0 Å². The van der Waals surface area contributed by atoms with Gasteiger partial charge >= 0.3 is 0 Å². The lowest BCUT2D eigenvalue weighted by Crippen LogP contribution is -2.31. The zero-order valence-corrected chi connectivity index (χ0v) is 16.4. The minimum absolute atomic E-state index is 0.212. The lowest BCUT2D eigenvalue weighted by Gasteiger charge is -2.24. The number of fused-ring (bicyclic) bond motifs is 1. The van der Waals surface area contributed by atoms with E-state index in [9.17, 15) is 9.59 Å². The highest BCUT2D eigenvalue weighted by atomic mass is 35.5. The number of nitrogens with one attached hydrogen (secondary N) is 1. The van der Waals surface area contributed by atoms with Crippen molar-refractivity contribution < 1.29 is 4.79 Å². The van der Waals surface area contributed by atoms with Crippen LogP contribution >= 0.6 is 11.6 Å². The van der Waals surface area contributed by atoms with Crippen LogP contribution in [-0.2, 0) is 13.1 Å². The second kappa shape index (κ2) is 8.33. The van der Waals surface area contributed by atoms with Crippen molar-refractivity contribution in [3.63, 3.8) is 0 Å². The van der Waals surface area contributed by atoms with Crippen LogP contribution in [0.1, 0.15) is 21.5 Å². The third-order valence-electron chi connectivity index (χ3n) is 4.76. The van der Waals surface area contributed by atoms with Crippen molar-refractivity contribution in [1.29, 1.82) is 0 Å². The van der Waals surface area contributed by atoms with Gasteiger partial charge in [0.25, 0.3) is 5.91 Å². The summed E-state index contributed by atoms with van der Waals surface area (Å²) in [5.41, 5.74) is 2.65. The lowest BCUT2D eigenvalue weighted by molar-refractivity contribution is 0.0732. The predicted molar refractivity (Wildman–Crippen MR) is 116 cm³/mol. The molecule has 1 N–H and O–H groups in total. The van der Waals surface area contributed by atoms with Crippen LogP contribution in [0, 0.1) is 0 Å². The zero-order valence-electron chi connectivity index (χ0n) is 15.6. The first kappa shape index (κ1) is 19.0. The molecular formula is C24H19ClN2O2. The van der Waals surface area contributed by atoms with E-state index in [-0.39, 0.29) is 11.5 Å². The Kier molecular flexibility index (Phi) is 5.45. The fourth-order valence-electron chi connectivity index (χ4n) is 3.38. The molecule has 0 aliphatic heterocycles. The molecule has 0 unspecified atom stereocenters. The number of hydrogen-bond donors (Lipinski definition) is 1. The molecule has 29 heavy (non-hydrogen) atoms. The van der Waals surface area contributed by atoms with Crippen LogP contribution in [0.25, 0.3) is 10.9 Å². The number of hydrogen-bond acceptors (Lipinski definition) is 2. The van der Waals surface area contributed by atoms with Crippen LogP contribution in [0.15, 0.2) is 89.7 Å². The van der Waals surface area contributed by atoms with Gasteiger partial charge in [-0.2, -0.15) is 0 Å². The van der Waals surface area contributed by atoms with Crippen LogP contribution in [0.5, 0.6) is 0 Å². The molecule has 0 bridgehead atoms. The minimum atomic E-state index is -0.317. The Morgan fingerprint density at radius 3 is 2.00 bits per heavy atom. The fraction of sp³-hybridized carbons (Fsp3) is 0.0833. The third kappa shape index (κ3) is 4.39. The van der Waals surface area contributed by atoms with E-state index in [2.05, 4.69) is 4.98 Å². The smallest absolute Gasteiger partial charge is 0.255 e. The Morgan fingerprint density at radius 2 is 1.41 bits per heavy atom. The highest BCUT2D eigenvalue weighted by molar-refractivity contribution is 6.31. The SMILES string of the molecule is O=C(c1cc(=O)[nH]c2ccc(Cl)cc12)N(Cc1ccccc1)Cc1ccccc1. The molecule has 3 aromatic carbocycles. The van der Waals surface area contributed by atoms with Crippen molar-refractivity contribution in [2.24, 2.45) is 0 Å². The van der Waals surface area contributed by atoms with Gasteiger partial charge in [0.1, 0.15) is 0 Å². The van der Waals surface area contributed by atoms with Crippen LogP contribution in [-0.4, -0.2) is 15.8 Å². The van der Waals surface area contributed by atoms with Crippen molar-refractivity contribution >= 4 is 28.4 Å². The Balaban J connectivity index is 1.77. The molecule has 1 heterocycles. The summed E-state index contributed by atoms with van der Waals surface area (Å²) in [4.78, 5) is 30.3. The molecule has 1 aromatic heterocycles. The highest BCUT2D eigenvalue weighted by Gasteiger charge is 2.20. The molecular weight excluding hydrogens is 384 g/mol. The largest absolute Gasteiger partial charge is 0.330 e. The standard InChI is InChI=1S/C24H19ClN2O2/c25-19-11-12-22-20(13-19)21(14-23(28)26-22)24(29)27(15-17-7-3-1-4-8-17)16-18-9-5-2-6-10-18/h1-14H,15-16H2,(H,26,28). The molecule has 0 atom stereocenters. The average molecular weight is 403 g/mol. The number of rotatable bonds is 5. The van der Waals surface area contributed by atoms with E-state index >= 15 is 0 Å². The molecule has 0 saturated carbocycles. The van der Waals surface area contributed by atoms with E-state index in [4.69, 9.17) is 11.6 Å². The summed E-state index contributed by atoms with van der Waals surface area (Å²) in [7, 11) is 0. The molecule has 0 saturated heterocycles. The number of amides is 1. The monoisotopic (exact) mass is 402 g/mol. The fourth-order valence-corrected chi connectivity index (χ4v) is 3.55. The van der Waals surface area contributed by atoms with Crippen molar-refractivity contribution in [3.05, 3.63) is 117 Å². The second-order valence-corrected chi connectivity index (χ2v) is 7.31. The first-order valence-electron chi connectivity index (χ1n) is 9.30. The lowest BCUT2D eigenvalue weighted by atomic mass is 10.1. The van der Waals surface area contributed by atoms with Crippen LogP contribution < -0.4 is 5.56 Å². The van der Waals surface area contributed by atoms with E-state index in [1.807, 2.05) is 60.7 Å². The Hall–Kier alpha value is -3.37. The van der Waals surface area contributed by atoms with E-state index < -0.39 is 0 Å². The van der Waals surface area contributed by atoms with Gasteiger partial charge in [-0.25, -0.2) is 0 Å². The highest BCUT2D eigenvalue weighted by Crippen LogP contribution is 2.23. The van der Waals surface area contributed by atoms with Gasteiger partial charge in [0.05, 0.1) is 5.56 Å². The summed E-state index contributed by atoms with van der Waals surface area (Å²) in [5.74, 6) is -0.212. The summed E-state index contributed by atoms with van der Waals surface area (Å²) < 4.78 is 0. The summed E-state index contributed by atoms with van der Waals surface area (Å²) in [6.07, 6.45) is 0. The van der Waals surface area contributed by atoms with E-state index in [1.165, 1.54) is 6.07 Å². The van der Waals surface area contributed by atoms with Gasteiger partial charge in [0.2, 0.25) is 5.56 Å². The topological polar surface area (TPSA) is 53.2 Å². The maximum absolute atomic E-state index is 13.6. The Bertz CT molecular complexity index is 1160. The first-order valence-corrected chi connectivity index (χ1v) is 9.68. The molecule has 0 aliphatic carbocycles. The van der Waals surface area contributed by atoms with Gasteiger partial charge in [0, 0.05) is 35.1 Å². The van der Waals surface area contributed by atoms with Gasteiger partial charge in [-0.1, -0.05) is 72.3 Å². The van der Waals surface area contributed by atoms with Gasteiger partial charge in [0.15, 0.2) is 0 Å². The summed E-state index contributed by atoms with van der Waals surface area (Å²) in [6.45, 7) is 0.868. The predicted octanol–water partition coefficient (Wildman–Crippen LogP) is 5.02. The minimum Gasteiger partial charge on any atom is -0.330 e. The first-order chi connectivity index (χ1) is 14.1. The normalized spacial score (nSPS) is 10.8. The number of pyridine rings is 1. The molecule has 4 nitrogen and oxygen atoms in total. The molecule has 144 valence electrons. The van der Waals surface area contributed by atoms with Crippen molar-refractivity contribution in [1.82, 2.24) is 9.88 Å². The van der Waals surface area contributed by atoms with E-state index in [0.717, 1.165) is 11.1 Å². The number of nitrogens with zero attached hydrogens (tertiary/aromatic N) is 1. The van der Waals surface area contributed by atoms with Crippen LogP contribution in [0.3, 0.4) is 0 Å². The maximum atomic E-state index is 13.6. The summed E-state index contributed by atoms with van der Waals surface area (Å²) in [6, 6.07) is 26.1.